The van der Waals surface area contributed by atoms with Gasteiger partial charge in [-0.15, -0.1) is 0 Å². The average Bonchev–Trinajstić information content (AvgIpc) is 3.05. The first-order chi connectivity index (χ1) is 14.7. The number of fused-ring (bicyclic) bond motifs is 1. The van der Waals surface area contributed by atoms with E-state index in [4.69, 9.17) is 4.74 Å². The van der Waals surface area contributed by atoms with E-state index in [0.717, 1.165) is 16.7 Å². The second-order valence-corrected chi connectivity index (χ2v) is 16.3. The maximum absolute atomic E-state index is 12.9. The molecule has 1 amide bonds. The molecule has 5 heteroatoms. The maximum atomic E-state index is 12.9. The summed E-state index contributed by atoms with van der Waals surface area (Å²) in [7, 11) is -1.89. The first kappa shape index (κ1) is 24.1. The van der Waals surface area contributed by atoms with Crippen molar-refractivity contribution < 1.29 is 9.53 Å². The molecule has 0 aliphatic rings. The third-order valence-electron chi connectivity index (χ3n) is 6.65. The number of para-hydroxylation sites is 1. The smallest absolute Gasteiger partial charge is 0.408 e. The molecule has 2 aromatic carbocycles. The molecule has 172 valence electrons. The van der Waals surface area contributed by atoms with Crippen molar-refractivity contribution in [1.82, 2.24) is 9.55 Å². The van der Waals surface area contributed by atoms with Crippen molar-refractivity contribution in [3.05, 3.63) is 71.4 Å². The van der Waals surface area contributed by atoms with Crippen molar-refractivity contribution in [2.24, 2.45) is 0 Å². The highest BCUT2D eigenvalue weighted by Crippen LogP contribution is 2.41. The molecule has 4 nitrogen and oxygen atoms in total. The van der Waals surface area contributed by atoms with Gasteiger partial charge >= 0.3 is 6.09 Å². The number of rotatable bonds is 4. The van der Waals surface area contributed by atoms with Crippen LogP contribution in [-0.2, 0) is 4.74 Å². The van der Waals surface area contributed by atoms with Gasteiger partial charge in [-0.25, -0.2) is 4.79 Å². The molecule has 0 saturated carbocycles. The van der Waals surface area contributed by atoms with Crippen LogP contribution in [0, 0.1) is 6.92 Å². The molecule has 0 aliphatic heterocycles. The van der Waals surface area contributed by atoms with Gasteiger partial charge in [0, 0.05) is 22.7 Å². The lowest BCUT2D eigenvalue weighted by Gasteiger charge is -2.38. The Morgan fingerprint density at radius 2 is 1.53 bits per heavy atom. The van der Waals surface area contributed by atoms with E-state index in [1.807, 2.05) is 32.9 Å². The predicted molar refractivity (Wildman–Crippen MR) is 137 cm³/mol. The normalized spacial score (nSPS) is 13.8. The molecule has 1 aromatic heterocycles. The quantitative estimate of drug-likeness (QED) is 0.420. The van der Waals surface area contributed by atoms with Gasteiger partial charge in [0.1, 0.15) is 5.60 Å². The number of hydrogen-bond acceptors (Lipinski definition) is 2. The number of nitrogens with one attached hydrogen (secondary N) is 1. The molecule has 0 bridgehead atoms. The Morgan fingerprint density at radius 3 is 2.12 bits per heavy atom. The van der Waals surface area contributed by atoms with E-state index in [9.17, 15) is 4.79 Å². The van der Waals surface area contributed by atoms with Gasteiger partial charge < -0.3 is 14.3 Å². The summed E-state index contributed by atoms with van der Waals surface area (Å²) in [5.74, 6) is 0. The first-order valence-electron chi connectivity index (χ1n) is 11.4. The highest BCUT2D eigenvalue weighted by molar-refractivity contribution is 6.79. The third-order valence-corrected chi connectivity index (χ3v) is 11.9. The van der Waals surface area contributed by atoms with Gasteiger partial charge in [-0.1, -0.05) is 76.3 Å². The summed E-state index contributed by atoms with van der Waals surface area (Å²) in [5.41, 5.74) is 3.98. The van der Waals surface area contributed by atoms with Crippen LogP contribution < -0.4 is 5.32 Å². The van der Waals surface area contributed by atoms with E-state index in [1.54, 1.807) is 0 Å². The molecule has 3 rings (SSSR count). The summed E-state index contributed by atoms with van der Waals surface area (Å²) >= 11 is 0. The van der Waals surface area contributed by atoms with Crippen molar-refractivity contribution in [3.8, 4) is 0 Å². The lowest BCUT2D eigenvalue weighted by atomic mass is 9.95. The summed E-state index contributed by atoms with van der Waals surface area (Å²) in [6.45, 7) is 19.5. The van der Waals surface area contributed by atoms with Crippen LogP contribution in [0.15, 0.2) is 54.7 Å². The van der Waals surface area contributed by atoms with Gasteiger partial charge in [0.05, 0.1) is 6.04 Å². The Kier molecular flexibility index (Phi) is 6.35. The molecule has 0 spiro atoms. The van der Waals surface area contributed by atoms with Crippen molar-refractivity contribution in [2.45, 2.75) is 78.2 Å². The number of amides is 1. The molecule has 0 aliphatic carbocycles. The molecule has 0 radical (unpaired) electrons. The van der Waals surface area contributed by atoms with Gasteiger partial charge in [0.15, 0.2) is 8.24 Å². The minimum absolute atomic E-state index is 0.169. The Labute approximate surface area is 194 Å². The van der Waals surface area contributed by atoms with Crippen LogP contribution in [0.25, 0.3) is 10.9 Å². The zero-order chi connectivity index (χ0) is 23.9. The number of aromatic nitrogens is 1. The SMILES string of the molecule is Cc1ccccc1C(NC(=O)OC(C)(C)C)c1cn([Si](C)(C)C(C)(C)C)c2ccccc12. The number of nitrogens with zero attached hydrogens (tertiary/aromatic N) is 1. The molecule has 1 atom stereocenters. The highest BCUT2D eigenvalue weighted by atomic mass is 28.3. The number of carbonyl (C=O) groups is 1. The molecule has 1 heterocycles. The molecule has 32 heavy (non-hydrogen) atoms. The average molecular weight is 451 g/mol. The van der Waals surface area contributed by atoms with E-state index in [-0.39, 0.29) is 11.1 Å². The number of hydrogen-bond donors (Lipinski definition) is 1. The maximum Gasteiger partial charge on any atom is 0.408 e. The van der Waals surface area contributed by atoms with E-state index in [1.165, 1.54) is 10.9 Å². The fourth-order valence-electron chi connectivity index (χ4n) is 3.92. The van der Waals surface area contributed by atoms with E-state index >= 15 is 0 Å². The zero-order valence-corrected chi connectivity index (χ0v) is 22.0. The van der Waals surface area contributed by atoms with Crippen LogP contribution in [0.3, 0.4) is 0 Å². The number of benzene rings is 2. The lowest BCUT2D eigenvalue weighted by Crippen LogP contribution is -2.45. The number of ether oxygens (including phenoxy) is 1. The fourth-order valence-corrected chi connectivity index (χ4v) is 5.90. The monoisotopic (exact) mass is 450 g/mol. The second-order valence-electron chi connectivity index (χ2n) is 11.2. The minimum Gasteiger partial charge on any atom is -0.444 e. The number of alkyl carbamates (subject to hydrolysis) is 1. The fraction of sp³-hybridized carbons (Fsp3) is 0.444. The van der Waals surface area contributed by atoms with Crippen LogP contribution in [0.5, 0.6) is 0 Å². The molecule has 1 N–H and O–H groups in total. The largest absolute Gasteiger partial charge is 0.444 e. The lowest BCUT2D eigenvalue weighted by molar-refractivity contribution is 0.0512. The summed E-state index contributed by atoms with van der Waals surface area (Å²) in [4.78, 5) is 12.9. The summed E-state index contributed by atoms with van der Waals surface area (Å²) in [6.07, 6.45) is 1.87. The van der Waals surface area contributed by atoms with E-state index in [2.05, 4.69) is 92.9 Å². The standard InChI is InChI=1S/C27H38N2O2Si/c1-19-14-10-11-15-20(19)24(28-25(30)31-26(2,3)4)22-18-29(32(8,9)27(5,6)7)23-17-13-12-16-21(22)23/h10-18,24H,1-9H3,(H,28,30). The van der Waals surface area contributed by atoms with Gasteiger partial charge in [-0.3, -0.25) is 0 Å². The van der Waals surface area contributed by atoms with Crippen LogP contribution >= 0.6 is 0 Å². The minimum atomic E-state index is -1.89. The van der Waals surface area contributed by atoms with Gasteiger partial charge in [0.25, 0.3) is 0 Å². The molecular weight excluding hydrogens is 412 g/mol. The van der Waals surface area contributed by atoms with E-state index < -0.39 is 19.9 Å². The summed E-state index contributed by atoms with van der Waals surface area (Å²) in [5, 5.41) is 4.52. The van der Waals surface area contributed by atoms with Gasteiger partial charge in [-0.2, -0.15) is 0 Å². The number of carbonyl (C=O) groups excluding carboxylic acids is 1. The third kappa shape index (κ3) is 4.78. The molecule has 1 unspecified atom stereocenters. The van der Waals surface area contributed by atoms with Crippen molar-refractivity contribution >= 4 is 25.2 Å². The van der Waals surface area contributed by atoms with Crippen LogP contribution in [0.1, 0.15) is 64.3 Å². The summed E-state index contributed by atoms with van der Waals surface area (Å²) < 4.78 is 8.14. The first-order valence-corrected chi connectivity index (χ1v) is 14.3. The zero-order valence-electron chi connectivity index (χ0n) is 21.0. The van der Waals surface area contributed by atoms with Gasteiger partial charge in [-0.05, 0) is 49.9 Å². The van der Waals surface area contributed by atoms with Crippen LogP contribution in [-0.4, -0.2) is 24.2 Å². The Morgan fingerprint density at radius 1 is 0.938 bits per heavy atom. The number of aryl methyl sites for hydroxylation is 1. The molecule has 3 aromatic rings. The highest BCUT2D eigenvalue weighted by Gasteiger charge is 2.39. The summed E-state index contributed by atoms with van der Waals surface area (Å²) in [6, 6.07) is 16.5. The van der Waals surface area contributed by atoms with Crippen molar-refractivity contribution in [1.29, 1.82) is 0 Å². The molecule has 0 saturated heterocycles. The second kappa shape index (κ2) is 8.43. The van der Waals surface area contributed by atoms with Crippen molar-refractivity contribution in [3.63, 3.8) is 0 Å². The Balaban J connectivity index is 2.22. The Bertz CT molecular complexity index is 1120. The van der Waals surface area contributed by atoms with Crippen molar-refractivity contribution in [2.75, 3.05) is 0 Å². The van der Waals surface area contributed by atoms with Crippen LogP contribution in [0.2, 0.25) is 18.1 Å². The molecule has 0 fully saturated rings. The molecular formula is C27H38N2O2Si. The van der Waals surface area contributed by atoms with Gasteiger partial charge in [0.2, 0.25) is 0 Å². The van der Waals surface area contributed by atoms with E-state index in [0.29, 0.717) is 0 Å². The Hall–Kier alpha value is -2.53. The predicted octanol–water partition coefficient (Wildman–Crippen LogP) is 7.42. The van der Waals surface area contributed by atoms with Crippen LogP contribution in [0.4, 0.5) is 4.79 Å². The topological polar surface area (TPSA) is 43.3 Å².